The van der Waals surface area contributed by atoms with E-state index in [0.29, 0.717) is 49.9 Å². The van der Waals surface area contributed by atoms with E-state index in [2.05, 4.69) is 42.2 Å². The summed E-state index contributed by atoms with van der Waals surface area (Å²) < 4.78 is 19.7. The number of ether oxygens (including phenoxy) is 3. The first-order valence-corrected chi connectivity index (χ1v) is 14.4. The number of fused-ring (bicyclic) bond motifs is 2. The van der Waals surface area contributed by atoms with Crippen LogP contribution in [0.5, 0.6) is 11.5 Å². The van der Waals surface area contributed by atoms with Gasteiger partial charge in [0.1, 0.15) is 4.53 Å². The summed E-state index contributed by atoms with van der Waals surface area (Å²) in [6, 6.07) is 7.95. The van der Waals surface area contributed by atoms with Crippen molar-refractivity contribution in [3.63, 3.8) is 0 Å². The van der Waals surface area contributed by atoms with Gasteiger partial charge in [-0.15, -0.1) is 0 Å². The van der Waals surface area contributed by atoms with Crippen LogP contribution in [-0.4, -0.2) is 36.8 Å². The molecule has 202 valence electrons. The second-order valence-corrected chi connectivity index (χ2v) is 11.3. The molecule has 0 saturated heterocycles. The predicted molar refractivity (Wildman–Crippen MR) is 154 cm³/mol. The van der Waals surface area contributed by atoms with Gasteiger partial charge in [0.15, 0.2) is 16.3 Å². The number of allylic oxidation sites excluding steroid dienone is 1. The number of carbonyl (C=O) groups excluding carboxylic acids is 2. The largest absolute Gasteiger partial charge is 0.493 e. The fourth-order valence-electron chi connectivity index (χ4n) is 4.69. The number of aromatic nitrogens is 1. The van der Waals surface area contributed by atoms with E-state index in [9.17, 15) is 14.4 Å². The summed E-state index contributed by atoms with van der Waals surface area (Å²) in [6.45, 7) is 5.80. The van der Waals surface area contributed by atoms with E-state index in [0.717, 1.165) is 15.8 Å². The van der Waals surface area contributed by atoms with Crippen molar-refractivity contribution in [2.45, 2.75) is 26.8 Å². The molecule has 5 rings (SSSR count). The van der Waals surface area contributed by atoms with E-state index in [-0.39, 0.29) is 28.2 Å². The van der Waals surface area contributed by atoms with E-state index < -0.39 is 17.6 Å². The lowest BCUT2D eigenvalue weighted by atomic mass is 9.95. The molecular weight excluding hydrogens is 654 g/mol. The minimum Gasteiger partial charge on any atom is -0.493 e. The number of methoxy groups -OCH3 is 1. The van der Waals surface area contributed by atoms with Crippen LogP contribution in [0.4, 0.5) is 5.69 Å². The van der Waals surface area contributed by atoms with Crippen LogP contribution in [0.15, 0.2) is 60.3 Å². The maximum absolute atomic E-state index is 14.2. The van der Waals surface area contributed by atoms with Crippen LogP contribution in [0, 0.1) is 0 Å². The van der Waals surface area contributed by atoms with E-state index in [1.807, 2.05) is 13.0 Å². The quantitative estimate of drug-likeness (QED) is 0.395. The number of amides is 1. The molecule has 9 nitrogen and oxygen atoms in total. The second-order valence-electron chi connectivity index (χ2n) is 8.60. The van der Waals surface area contributed by atoms with Gasteiger partial charge in [0.25, 0.3) is 11.5 Å². The molecule has 12 heteroatoms. The molecule has 3 aromatic rings. The number of carbonyl (C=O) groups is 2. The van der Waals surface area contributed by atoms with Crippen molar-refractivity contribution >= 4 is 66.3 Å². The van der Waals surface area contributed by atoms with Crippen LogP contribution < -0.4 is 29.7 Å². The van der Waals surface area contributed by atoms with Gasteiger partial charge in [-0.05, 0) is 56.7 Å². The molecule has 2 aliphatic rings. The lowest BCUT2D eigenvalue weighted by Crippen LogP contribution is -2.40. The molecule has 1 atom stereocenters. The molecule has 3 heterocycles. The number of benzene rings is 2. The standard InChI is InChI=1S/C27H23Br2N3O6S/c1-5-37-19-10-14(16(29)11-18(19)36-4)22-20(26(35)38-6-2)12(3)30-27-32(22)25(34)23(39-27)21-15-9-13(28)7-8-17(15)31-24(21)33/h7-11,22H,5-6H2,1-4H3,(H,31,33)/b23-21-/t22-/m0/s1. The average molecular weight is 677 g/mol. The number of nitrogens with zero attached hydrogens (tertiary/aromatic N) is 2. The summed E-state index contributed by atoms with van der Waals surface area (Å²) in [7, 11) is 1.53. The summed E-state index contributed by atoms with van der Waals surface area (Å²) in [4.78, 5) is 45.5. The first kappa shape index (κ1) is 27.4. The Hall–Kier alpha value is -3.22. The van der Waals surface area contributed by atoms with Crippen molar-refractivity contribution in [2.24, 2.45) is 4.99 Å². The molecule has 0 bridgehead atoms. The Labute approximate surface area is 244 Å². The third-order valence-corrected chi connectivity index (χ3v) is 8.56. The van der Waals surface area contributed by atoms with Crippen LogP contribution in [0.2, 0.25) is 0 Å². The zero-order valence-corrected chi connectivity index (χ0v) is 25.4. The maximum atomic E-state index is 14.2. The fraction of sp³-hybridized carbons (Fsp3) is 0.259. The topological polar surface area (TPSA) is 108 Å². The Morgan fingerprint density at radius 2 is 1.90 bits per heavy atom. The first-order valence-electron chi connectivity index (χ1n) is 12.0. The lowest BCUT2D eigenvalue weighted by Gasteiger charge is -2.26. The Bertz CT molecular complexity index is 1760. The molecule has 0 radical (unpaired) electrons. The van der Waals surface area contributed by atoms with Crippen molar-refractivity contribution in [3.8, 4) is 11.5 Å². The highest BCUT2D eigenvalue weighted by Gasteiger charge is 2.36. The van der Waals surface area contributed by atoms with Crippen molar-refractivity contribution < 1.29 is 23.8 Å². The summed E-state index contributed by atoms with van der Waals surface area (Å²) in [6.07, 6.45) is 0. The monoisotopic (exact) mass is 675 g/mol. The molecule has 2 aromatic carbocycles. The third-order valence-electron chi connectivity index (χ3n) is 6.32. The molecule has 0 unspecified atom stereocenters. The van der Waals surface area contributed by atoms with Crippen LogP contribution in [0.1, 0.15) is 37.9 Å². The van der Waals surface area contributed by atoms with E-state index >= 15 is 0 Å². The zero-order valence-electron chi connectivity index (χ0n) is 21.4. The average Bonchev–Trinajstić information content (AvgIpc) is 3.38. The number of hydrogen-bond acceptors (Lipinski definition) is 8. The summed E-state index contributed by atoms with van der Waals surface area (Å²) >= 11 is 8.16. The highest BCUT2D eigenvalue weighted by atomic mass is 79.9. The Kier molecular flexibility index (Phi) is 7.53. The van der Waals surface area contributed by atoms with Gasteiger partial charge >= 0.3 is 5.97 Å². The molecule has 0 fully saturated rings. The van der Waals surface area contributed by atoms with E-state index in [4.69, 9.17) is 14.2 Å². The number of rotatable bonds is 6. The summed E-state index contributed by atoms with van der Waals surface area (Å²) in [5.41, 5.74) is 2.25. The Balaban J connectivity index is 1.85. The molecule has 0 saturated carbocycles. The van der Waals surface area contributed by atoms with Crippen LogP contribution >= 0.6 is 43.2 Å². The van der Waals surface area contributed by atoms with Crippen molar-refractivity contribution in [1.82, 2.24) is 4.57 Å². The maximum Gasteiger partial charge on any atom is 0.338 e. The van der Waals surface area contributed by atoms with Gasteiger partial charge in [0.05, 0.1) is 43.2 Å². The number of anilines is 1. The van der Waals surface area contributed by atoms with Gasteiger partial charge in [0, 0.05) is 20.2 Å². The Morgan fingerprint density at radius 3 is 2.59 bits per heavy atom. The summed E-state index contributed by atoms with van der Waals surface area (Å²) in [5.74, 6) is -0.0222. The number of thiazole rings is 1. The summed E-state index contributed by atoms with van der Waals surface area (Å²) in [5, 5.41) is 2.83. The fourth-order valence-corrected chi connectivity index (χ4v) is 6.73. The molecule has 39 heavy (non-hydrogen) atoms. The van der Waals surface area contributed by atoms with Gasteiger partial charge in [0.2, 0.25) is 0 Å². The van der Waals surface area contributed by atoms with Crippen LogP contribution in [-0.2, 0) is 14.3 Å². The van der Waals surface area contributed by atoms with Gasteiger partial charge in [-0.2, -0.15) is 0 Å². The minimum absolute atomic E-state index is 0.150. The molecule has 0 spiro atoms. The highest BCUT2D eigenvalue weighted by Crippen LogP contribution is 2.41. The van der Waals surface area contributed by atoms with Crippen molar-refractivity contribution in [3.05, 3.63) is 81.4 Å². The molecule has 1 N–H and O–H groups in total. The van der Waals surface area contributed by atoms with Gasteiger partial charge < -0.3 is 19.5 Å². The van der Waals surface area contributed by atoms with Crippen molar-refractivity contribution in [2.75, 3.05) is 25.6 Å². The van der Waals surface area contributed by atoms with Crippen LogP contribution in [0.3, 0.4) is 0 Å². The number of halogens is 2. The van der Waals surface area contributed by atoms with E-state index in [1.165, 1.54) is 11.7 Å². The van der Waals surface area contributed by atoms with E-state index in [1.54, 1.807) is 38.1 Å². The van der Waals surface area contributed by atoms with Crippen molar-refractivity contribution in [1.29, 1.82) is 0 Å². The lowest BCUT2D eigenvalue weighted by molar-refractivity contribution is -0.139. The number of esters is 1. The SMILES string of the molecule is CCOC(=O)C1=C(C)N=c2s/c(=C3\C(=O)Nc4ccc(Br)cc43)c(=O)n2[C@H]1c1cc(OCC)c(OC)cc1Br. The number of nitrogens with one attached hydrogen (secondary N) is 1. The van der Waals surface area contributed by atoms with Gasteiger partial charge in [-0.1, -0.05) is 43.2 Å². The normalized spacial score (nSPS) is 17.3. The van der Waals surface area contributed by atoms with Crippen LogP contribution in [0.25, 0.3) is 5.57 Å². The molecule has 2 aliphatic heterocycles. The second kappa shape index (κ2) is 10.7. The molecular formula is C27H23Br2N3O6S. The molecule has 0 aliphatic carbocycles. The molecule has 1 aromatic heterocycles. The highest BCUT2D eigenvalue weighted by molar-refractivity contribution is 9.10. The number of hydrogen-bond donors (Lipinski definition) is 1. The third kappa shape index (κ3) is 4.64. The first-order chi connectivity index (χ1) is 18.7. The molecule has 1 amide bonds. The smallest absolute Gasteiger partial charge is 0.338 e. The Morgan fingerprint density at radius 1 is 1.13 bits per heavy atom. The minimum atomic E-state index is -0.902. The van der Waals surface area contributed by atoms with Gasteiger partial charge in [-0.3, -0.25) is 14.2 Å². The predicted octanol–water partition coefficient (Wildman–Crippen LogP) is 4.05. The zero-order chi connectivity index (χ0) is 28.0. The van der Waals surface area contributed by atoms with Gasteiger partial charge in [-0.25, -0.2) is 9.79 Å².